The summed E-state index contributed by atoms with van der Waals surface area (Å²) in [5.41, 5.74) is 2.65. The van der Waals surface area contributed by atoms with Gasteiger partial charge in [-0.15, -0.1) is 10.2 Å². The van der Waals surface area contributed by atoms with Crippen molar-refractivity contribution in [2.45, 2.75) is 23.1 Å². The Morgan fingerprint density at radius 1 is 1.07 bits per heavy atom. The van der Waals surface area contributed by atoms with Crippen molar-refractivity contribution in [3.05, 3.63) is 112 Å². The summed E-state index contributed by atoms with van der Waals surface area (Å²) >= 11 is 8.54. The zero-order chi connectivity index (χ0) is 28.0. The van der Waals surface area contributed by atoms with Gasteiger partial charge in [0.25, 0.3) is 5.78 Å². The number of amides is 1. The van der Waals surface area contributed by atoms with E-state index in [1.807, 2.05) is 12.1 Å². The second-order valence-electron chi connectivity index (χ2n) is 8.96. The first-order valence-electron chi connectivity index (χ1n) is 12.0. The second kappa shape index (κ2) is 10.5. The monoisotopic (exact) mass is 591 g/mol. The number of aryl methyl sites for hydroxylation is 1. The Kier molecular flexibility index (Phi) is 6.87. The number of pyridine rings is 1. The molecular formula is C28H19ClFN5O3S2. The van der Waals surface area contributed by atoms with Gasteiger partial charge < -0.3 is 5.11 Å². The van der Waals surface area contributed by atoms with Gasteiger partial charge in [-0.05, 0) is 54.4 Å². The van der Waals surface area contributed by atoms with Crippen LogP contribution in [0.1, 0.15) is 28.6 Å². The van der Waals surface area contributed by atoms with E-state index in [-0.39, 0.29) is 22.2 Å². The molecule has 8 nitrogen and oxygen atoms in total. The fourth-order valence-corrected chi connectivity index (χ4v) is 6.55. The van der Waals surface area contributed by atoms with Crippen molar-refractivity contribution >= 4 is 62.9 Å². The molecule has 200 valence electrons. The smallest absolute Gasteiger partial charge is 0.301 e. The van der Waals surface area contributed by atoms with Gasteiger partial charge in [-0.1, -0.05) is 65.0 Å². The van der Waals surface area contributed by atoms with Gasteiger partial charge in [0, 0.05) is 17.0 Å². The van der Waals surface area contributed by atoms with Gasteiger partial charge in [0.2, 0.25) is 5.13 Å². The minimum atomic E-state index is -1.06. The largest absolute Gasteiger partial charge is 0.505 e. The van der Waals surface area contributed by atoms with E-state index in [4.69, 9.17) is 11.6 Å². The lowest BCUT2D eigenvalue weighted by Gasteiger charge is -2.22. The van der Waals surface area contributed by atoms with E-state index in [0.29, 0.717) is 32.0 Å². The minimum absolute atomic E-state index is 0.143. The number of aliphatic hydroxyl groups is 1. The lowest BCUT2D eigenvalue weighted by molar-refractivity contribution is -0.132. The van der Waals surface area contributed by atoms with E-state index in [9.17, 15) is 19.1 Å². The predicted octanol–water partition coefficient (Wildman–Crippen LogP) is 6.21. The van der Waals surface area contributed by atoms with Crippen LogP contribution in [0.25, 0.3) is 11.4 Å². The molecule has 1 aliphatic rings. The topological polar surface area (TPSA) is 101 Å². The summed E-state index contributed by atoms with van der Waals surface area (Å²) in [4.78, 5) is 32.6. The SMILES string of the molecule is Cc1nc2ccccn2c1C(O)=C1C(=O)C(=O)N(c2nnc(SCc3ccc(Cl)cc3)s2)C1c1ccc(F)cc1. The maximum Gasteiger partial charge on any atom is 0.301 e. The maximum atomic E-state index is 13.9. The number of anilines is 1. The normalized spacial score (nSPS) is 16.8. The number of aliphatic hydroxyl groups excluding tert-OH is 1. The van der Waals surface area contributed by atoms with E-state index in [2.05, 4.69) is 15.2 Å². The third kappa shape index (κ3) is 4.66. The van der Waals surface area contributed by atoms with Crippen molar-refractivity contribution in [1.29, 1.82) is 0 Å². The number of hydrogen-bond donors (Lipinski definition) is 1. The van der Waals surface area contributed by atoms with Crippen LogP contribution >= 0.6 is 34.7 Å². The number of benzene rings is 2. The molecule has 40 heavy (non-hydrogen) atoms. The van der Waals surface area contributed by atoms with Crippen LogP contribution in [0.3, 0.4) is 0 Å². The molecule has 1 saturated heterocycles. The van der Waals surface area contributed by atoms with E-state index in [1.165, 1.54) is 40.9 Å². The molecule has 4 heterocycles. The third-order valence-corrected chi connectivity index (χ3v) is 8.82. The average Bonchev–Trinajstić information content (AvgIpc) is 3.62. The summed E-state index contributed by atoms with van der Waals surface area (Å²) < 4.78 is 16.1. The summed E-state index contributed by atoms with van der Waals surface area (Å²) in [6.45, 7) is 1.71. The van der Waals surface area contributed by atoms with Crippen LogP contribution in [0.5, 0.6) is 0 Å². The summed E-state index contributed by atoms with van der Waals surface area (Å²) in [6, 6.07) is 17.1. The first-order chi connectivity index (χ1) is 19.3. The predicted molar refractivity (Wildman–Crippen MR) is 152 cm³/mol. The summed E-state index contributed by atoms with van der Waals surface area (Å²) in [7, 11) is 0. The van der Waals surface area contributed by atoms with Gasteiger partial charge in [0.1, 0.15) is 17.2 Å². The summed E-state index contributed by atoms with van der Waals surface area (Å²) in [5, 5.41) is 20.8. The first kappa shape index (κ1) is 26.2. The highest BCUT2D eigenvalue weighted by atomic mass is 35.5. The molecule has 0 aliphatic carbocycles. The highest BCUT2D eigenvalue weighted by molar-refractivity contribution is 8.00. The number of nitrogens with zero attached hydrogens (tertiary/aromatic N) is 5. The van der Waals surface area contributed by atoms with Crippen molar-refractivity contribution in [1.82, 2.24) is 19.6 Å². The number of aromatic nitrogens is 4. The number of thioether (sulfide) groups is 1. The van der Waals surface area contributed by atoms with E-state index < -0.39 is 23.5 Å². The molecule has 3 aromatic heterocycles. The van der Waals surface area contributed by atoms with Crippen molar-refractivity contribution < 1.29 is 19.1 Å². The van der Waals surface area contributed by atoms with Crippen LogP contribution < -0.4 is 4.90 Å². The highest BCUT2D eigenvalue weighted by Crippen LogP contribution is 2.44. The molecule has 1 amide bonds. The fourth-order valence-electron chi connectivity index (χ4n) is 4.60. The Balaban J connectivity index is 1.43. The molecule has 1 fully saturated rings. The molecule has 1 atom stereocenters. The van der Waals surface area contributed by atoms with E-state index >= 15 is 0 Å². The van der Waals surface area contributed by atoms with Crippen molar-refractivity contribution in [2.75, 3.05) is 4.90 Å². The summed E-state index contributed by atoms with van der Waals surface area (Å²) in [5.74, 6) is -2.02. The molecule has 2 aromatic carbocycles. The lowest BCUT2D eigenvalue weighted by atomic mass is 9.96. The molecule has 0 saturated carbocycles. The highest BCUT2D eigenvalue weighted by Gasteiger charge is 2.48. The second-order valence-corrected chi connectivity index (χ2v) is 11.6. The fraction of sp³-hybridized carbons (Fsp3) is 0.107. The van der Waals surface area contributed by atoms with Crippen LogP contribution in [0.4, 0.5) is 9.52 Å². The molecule has 0 spiro atoms. The Bertz CT molecular complexity index is 1800. The number of halogens is 2. The van der Waals surface area contributed by atoms with Crippen LogP contribution in [0, 0.1) is 12.7 Å². The quantitative estimate of drug-likeness (QED) is 0.0824. The molecule has 0 bridgehead atoms. The van der Waals surface area contributed by atoms with Crippen molar-refractivity contribution in [2.24, 2.45) is 0 Å². The van der Waals surface area contributed by atoms with Crippen molar-refractivity contribution in [3.8, 4) is 0 Å². The molecular weight excluding hydrogens is 573 g/mol. The molecule has 1 unspecified atom stereocenters. The molecule has 12 heteroatoms. The minimum Gasteiger partial charge on any atom is -0.505 e. The third-order valence-electron chi connectivity index (χ3n) is 6.44. The maximum absolute atomic E-state index is 13.9. The van der Waals surface area contributed by atoms with Gasteiger partial charge in [-0.2, -0.15) is 0 Å². The van der Waals surface area contributed by atoms with Crippen LogP contribution in [-0.4, -0.2) is 36.4 Å². The van der Waals surface area contributed by atoms with Crippen molar-refractivity contribution in [3.63, 3.8) is 0 Å². The first-order valence-corrected chi connectivity index (χ1v) is 14.2. The van der Waals surface area contributed by atoms with Crippen LogP contribution in [-0.2, 0) is 15.3 Å². The number of Topliss-reactive ketones (excluding diaryl/α,β-unsaturated/α-hetero) is 1. The number of hydrogen-bond acceptors (Lipinski definition) is 8. The van der Waals surface area contributed by atoms with Gasteiger partial charge >= 0.3 is 5.91 Å². The van der Waals surface area contributed by atoms with Gasteiger partial charge in [0.15, 0.2) is 10.1 Å². The van der Waals surface area contributed by atoms with Gasteiger partial charge in [0.05, 0.1) is 17.3 Å². The summed E-state index contributed by atoms with van der Waals surface area (Å²) in [6.07, 6.45) is 1.71. The molecule has 1 N–H and O–H groups in total. The number of rotatable bonds is 6. The molecule has 0 radical (unpaired) electrons. The van der Waals surface area contributed by atoms with E-state index in [1.54, 1.807) is 47.9 Å². The number of ketones is 1. The van der Waals surface area contributed by atoms with E-state index in [0.717, 1.165) is 16.9 Å². The number of imidazole rings is 1. The zero-order valence-electron chi connectivity index (χ0n) is 20.8. The molecule has 6 rings (SSSR count). The average molecular weight is 592 g/mol. The Morgan fingerprint density at radius 2 is 1.82 bits per heavy atom. The number of carbonyl (C=O) groups is 2. The Hall–Kier alpha value is -4.06. The standard InChI is InChI=1S/C28H19ClFN5O3S2/c1-15-22(34-13-3-2-4-20(34)31-15)24(36)21-23(17-7-11-19(30)12-8-17)35(26(38)25(21)37)27-32-33-28(40-27)39-14-16-5-9-18(29)10-6-16/h2-13,23,36H,14H2,1H3. The van der Waals surface area contributed by atoms with Crippen LogP contribution in [0.15, 0.2) is 82.8 Å². The Labute approximate surface area is 240 Å². The van der Waals surface area contributed by atoms with Gasteiger partial charge in [-0.25, -0.2) is 9.37 Å². The zero-order valence-corrected chi connectivity index (χ0v) is 23.2. The van der Waals surface area contributed by atoms with Crippen LogP contribution in [0.2, 0.25) is 5.02 Å². The van der Waals surface area contributed by atoms with Gasteiger partial charge in [-0.3, -0.25) is 18.9 Å². The number of carbonyl (C=O) groups excluding carboxylic acids is 2. The molecule has 1 aliphatic heterocycles. The number of fused-ring (bicyclic) bond motifs is 1. The lowest BCUT2D eigenvalue weighted by Crippen LogP contribution is -2.29. The Morgan fingerprint density at radius 3 is 2.58 bits per heavy atom. The molecule has 5 aromatic rings.